The fraction of sp³-hybridized carbons (Fsp3) is 0.375. The van der Waals surface area contributed by atoms with Gasteiger partial charge in [0.2, 0.25) is 0 Å². The monoisotopic (exact) mass is 174 g/mol. The fourth-order valence-electron chi connectivity index (χ4n) is 0.668. The van der Waals surface area contributed by atoms with Gasteiger partial charge in [-0.1, -0.05) is 7.43 Å². The topological polar surface area (TPSA) is 15.9 Å². The van der Waals surface area contributed by atoms with Crippen molar-refractivity contribution in [1.82, 2.24) is 0 Å². The number of rotatable bonds is 1. The smallest absolute Gasteiger partial charge is 0.170 e. The normalized spacial score (nSPS) is 7.45. The molecule has 3 heteroatoms. The van der Waals surface area contributed by atoms with Crippen molar-refractivity contribution in [3.05, 3.63) is 24.5 Å². The summed E-state index contributed by atoms with van der Waals surface area (Å²) in [6.45, 7) is 0. The molecule has 1 N–H and O–H groups in total. The number of nitrogens with zero attached hydrogens (tertiary/aromatic N) is 1. The second-order valence-electron chi connectivity index (χ2n) is 2.00. The Morgan fingerprint density at radius 1 is 1.27 bits per heavy atom. The molecule has 1 heterocycles. The molecule has 0 aliphatic rings. The molecular weight excluding hydrogens is 160 g/mol. The van der Waals surface area contributed by atoms with E-state index in [0.717, 1.165) is 5.69 Å². The summed E-state index contributed by atoms with van der Waals surface area (Å²) in [6, 6.07) is 4.06. The molecule has 0 aliphatic heterocycles. The maximum atomic E-state index is 3.04. The Balaban J connectivity index is 0. The van der Waals surface area contributed by atoms with E-state index in [9.17, 15) is 0 Å². The first-order chi connectivity index (χ1) is 4.33. The molecule has 0 amide bonds. The van der Waals surface area contributed by atoms with Crippen LogP contribution in [-0.2, 0) is 7.05 Å². The third kappa shape index (κ3) is 3.83. The minimum absolute atomic E-state index is 0. The molecule has 1 aromatic heterocycles. The Bertz CT molecular complexity index is 184. The Morgan fingerprint density at radius 2 is 1.73 bits per heavy atom. The molecule has 0 aliphatic carbocycles. The zero-order valence-electron chi connectivity index (χ0n) is 6.13. The quantitative estimate of drug-likeness (QED) is 0.497. The summed E-state index contributed by atoms with van der Waals surface area (Å²) >= 11 is 0. The molecule has 0 saturated heterocycles. The number of nitrogens with one attached hydrogen (secondary N) is 1. The third-order valence-electron chi connectivity index (χ3n) is 1.27. The van der Waals surface area contributed by atoms with Crippen molar-refractivity contribution in [2.45, 2.75) is 7.43 Å². The maximum absolute atomic E-state index is 3.04. The summed E-state index contributed by atoms with van der Waals surface area (Å²) in [5.74, 6) is 0. The van der Waals surface area contributed by atoms with Crippen LogP contribution in [0, 0.1) is 0 Å². The van der Waals surface area contributed by atoms with E-state index in [1.165, 1.54) is 0 Å². The predicted molar refractivity (Wildman–Crippen MR) is 43.9 cm³/mol. The SMILES string of the molecule is C.CNc1cc[n+](C)cc1.[Cl-]. The Kier molecular flexibility index (Phi) is 7.00. The van der Waals surface area contributed by atoms with Gasteiger partial charge in [0.05, 0.1) is 0 Å². The van der Waals surface area contributed by atoms with Gasteiger partial charge in [-0.15, -0.1) is 0 Å². The highest BCUT2D eigenvalue weighted by Gasteiger charge is 1.89. The molecule has 1 rings (SSSR count). The lowest BCUT2D eigenvalue weighted by Gasteiger charge is -1.93. The maximum Gasteiger partial charge on any atom is 0.170 e. The van der Waals surface area contributed by atoms with Crippen LogP contribution in [0.3, 0.4) is 0 Å². The highest BCUT2D eigenvalue weighted by molar-refractivity contribution is 5.38. The lowest BCUT2D eigenvalue weighted by Crippen LogP contribution is -3.00. The van der Waals surface area contributed by atoms with Crippen LogP contribution in [-0.4, -0.2) is 7.05 Å². The molecule has 0 bridgehead atoms. The second-order valence-corrected chi connectivity index (χ2v) is 2.00. The van der Waals surface area contributed by atoms with Crippen LogP contribution in [0.2, 0.25) is 0 Å². The zero-order valence-corrected chi connectivity index (χ0v) is 6.89. The van der Waals surface area contributed by atoms with Gasteiger partial charge in [-0.25, -0.2) is 4.57 Å². The molecule has 0 spiro atoms. The van der Waals surface area contributed by atoms with Crippen LogP contribution in [0.1, 0.15) is 7.43 Å². The highest BCUT2D eigenvalue weighted by atomic mass is 35.5. The largest absolute Gasteiger partial charge is 1.00 e. The van der Waals surface area contributed by atoms with E-state index in [-0.39, 0.29) is 19.8 Å². The molecule has 2 nitrogen and oxygen atoms in total. The summed E-state index contributed by atoms with van der Waals surface area (Å²) in [5, 5.41) is 3.04. The molecule has 0 unspecified atom stereocenters. The number of pyridine rings is 1. The van der Waals surface area contributed by atoms with E-state index < -0.39 is 0 Å². The van der Waals surface area contributed by atoms with Crippen molar-refractivity contribution in [3.63, 3.8) is 0 Å². The number of hydrogen-bond acceptors (Lipinski definition) is 1. The first kappa shape index (κ1) is 12.9. The Morgan fingerprint density at radius 3 is 2.09 bits per heavy atom. The summed E-state index contributed by atoms with van der Waals surface area (Å²) in [5.41, 5.74) is 1.15. The molecule has 0 saturated carbocycles. The van der Waals surface area contributed by atoms with Gasteiger partial charge in [-0.2, -0.15) is 0 Å². The van der Waals surface area contributed by atoms with Crippen LogP contribution in [0.25, 0.3) is 0 Å². The number of halogens is 1. The highest BCUT2D eigenvalue weighted by Crippen LogP contribution is 1.98. The minimum Gasteiger partial charge on any atom is -1.00 e. The van der Waals surface area contributed by atoms with Gasteiger partial charge in [0.25, 0.3) is 0 Å². The van der Waals surface area contributed by atoms with Gasteiger partial charge < -0.3 is 17.7 Å². The van der Waals surface area contributed by atoms with Crippen molar-refractivity contribution in [2.75, 3.05) is 12.4 Å². The van der Waals surface area contributed by atoms with Crippen LogP contribution in [0.4, 0.5) is 5.69 Å². The lowest BCUT2D eigenvalue weighted by atomic mass is 10.4. The van der Waals surface area contributed by atoms with Crippen molar-refractivity contribution in [2.24, 2.45) is 7.05 Å². The van der Waals surface area contributed by atoms with Gasteiger partial charge in [-0.3, -0.25) is 0 Å². The zero-order chi connectivity index (χ0) is 6.69. The molecule has 0 radical (unpaired) electrons. The molecule has 11 heavy (non-hydrogen) atoms. The van der Waals surface area contributed by atoms with Gasteiger partial charge in [0.15, 0.2) is 12.4 Å². The van der Waals surface area contributed by atoms with Crippen LogP contribution in [0.5, 0.6) is 0 Å². The molecule has 1 aromatic rings. The van der Waals surface area contributed by atoms with Crippen LogP contribution >= 0.6 is 0 Å². The summed E-state index contributed by atoms with van der Waals surface area (Å²) in [4.78, 5) is 0. The van der Waals surface area contributed by atoms with Crippen molar-refractivity contribution < 1.29 is 17.0 Å². The molecule has 0 fully saturated rings. The molecular formula is C8H15ClN2. The Labute approximate surface area is 74.7 Å². The standard InChI is InChI=1S/C7H10N2.CH4.ClH/c1-8-7-3-5-9(2)6-4-7;;/h3-6H,1-2H3;1H4;1H. The first-order valence-electron chi connectivity index (χ1n) is 2.96. The fourth-order valence-corrected chi connectivity index (χ4v) is 0.668. The van der Waals surface area contributed by atoms with E-state index in [4.69, 9.17) is 0 Å². The van der Waals surface area contributed by atoms with E-state index in [1.807, 2.05) is 43.2 Å². The van der Waals surface area contributed by atoms with E-state index in [2.05, 4.69) is 5.32 Å². The number of aromatic nitrogens is 1. The van der Waals surface area contributed by atoms with Crippen molar-refractivity contribution in [3.8, 4) is 0 Å². The third-order valence-corrected chi connectivity index (χ3v) is 1.27. The van der Waals surface area contributed by atoms with Crippen molar-refractivity contribution >= 4 is 5.69 Å². The van der Waals surface area contributed by atoms with Crippen LogP contribution in [0.15, 0.2) is 24.5 Å². The van der Waals surface area contributed by atoms with Gasteiger partial charge in [-0.05, 0) is 0 Å². The minimum atomic E-state index is 0. The van der Waals surface area contributed by atoms with E-state index in [1.54, 1.807) is 0 Å². The lowest BCUT2D eigenvalue weighted by molar-refractivity contribution is -0.671. The number of aryl methyl sites for hydroxylation is 1. The van der Waals surface area contributed by atoms with Gasteiger partial charge in [0.1, 0.15) is 7.05 Å². The van der Waals surface area contributed by atoms with E-state index in [0.29, 0.717) is 0 Å². The summed E-state index contributed by atoms with van der Waals surface area (Å²) in [7, 11) is 3.91. The van der Waals surface area contributed by atoms with Crippen molar-refractivity contribution in [1.29, 1.82) is 0 Å². The predicted octanol–water partition coefficient (Wildman–Crippen LogP) is -1.81. The van der Waals surface area contributed by atoms with Crippen LogP contribution < -0.4 is 22.3 Å². The summed E-state index contributed by atoms with van der Waals surface area (Å²) in [6.07, 6.45) is 4.01. The molecule has 0 aromatic carbocycles. The Hall–Kier alpha value is -0.760. The number of anilines is 1. The van der Waals surface area contributed by atoms with E-state index >= 15 is 0 Å². The average Bonchev–Trinajstić information content (AvgIpc) is 1.90. The first-order valence-corrected chi connectivity index (χ1v) is 2.96. The van der Waals surface area contributed by atoms with Gasteiger partial charge >= 0.3 is 0 Å². The molecule has 0 atom stereocenters. The molecule has 64 valence electrons. The average molecular weight is 175 g/mol. The second kappa shape index (κ2) is 5.98. The van der Waals surface area contributed by atoms with Gasteiger partial charge in [0, 0.05) is 24.9 Å². The number of hydrogen-bond donors (Lipinski definition) is 1. The summed E-state index contributed by atoms with van der Waals surface area (Å²) < 4.78 is 2.00.